The Morgan fingerprint density at radius 3 is 2.78 bits per heavy atom. The number of nitrogens with one attached hydrogen (secondary N) is 1. The molecule has 1 heterocycles. The van der Waals surface area contributed by atoms with Gasteiger partial charge in [0.25, 0.3) is 5.91 Å². The van der Waals surface area contributed by atoms with Crippen LogP contribution in [-0.2, 0) is 0 Å². The van der Waals surface area contributed by atoms with Crippen molar-refractivity contribution in [2.45, 2.75) is 71.3 Å². The molecule has 0 radical (unpaired) electrons. The third-order valence-electron chi connectivity index (χ3n) is 10.7. The minimum atomic E-state index is -0.312. The zero-order valence-corrected chi connectivity index (χ0v) is 19.6. The monoisotopic (exact) mass is 438 g/mol. The molecule has 0 saturated heterocycles. The molecule has 1 amide bonds. The quantitative estimate of drug-likeness (QED) is 0.604. The van der Waals surface area contributed by atoms with Crippen molar-refractivity contribution in [3.05, 3.63) is 42.2 Å². The number of carbonyl (C=O) groups excluding carboxylic acids is 1. The molecule has 1 aromatic heterocycles. The van der Waals surface area contributed by atoms with Crippen LogP contribution in [0.3, 0.4) is 0 Å². The van der Waals surface area contributed by atoms with Gasteiger partial charge in [0.05, 0.1) is 6.10 Å². The minimum Gasteiger partial charge on any atom is -0.396 e. The van der Waals surface area contributed by atoms with E-state index in [9.17, 15) is 15.0 Å². The van der Waals surface area contributed by atoms with Crippen LogP contribution < -0.4 is 5.32 Å². The molecule has 7 atom stereocenters. The first-order chi connectivity index (χ1) is 15.2. The molecular formula is C27H38N2O3. The first kappa shape index (κ1) is 22.1. The Hall–Kier alpha value is -1.72. The van der Waals surface area contributed by atoms with E-state index in [2.05, 4.69) is 30.7 Å². The lowest BCUT2D eigenvalue weighted by Crippen LogP contribution is -2.53. The summed E-state index contributed by atoms with van der Waals surface area (Å²) in [6.07, 6.45) is 9.36. The van der Waals surface area contributed by atoms with Gasteiger partial charge in [-0.1, -0.05) is 32.1 Å². The second-order valence-corrected chi connectivity index (χ2v) is 11.7. The number of hydrogen-bond donors (Lipinski definition) is 3. The number of aromatic nitrogens is 1. The Kier molecular flexibility index (Phi) is 5.10. The highest BCUT2D eigenvalue weighted by molar-refractivity contribution is 5.92. The zero-order chi connectivity index (χ0) is 22.8. The smallest absolute Gasteiger partial charge is 0.269 e. The summed E-state index contributed by atoms with van der Waals surface area (Å²) < 4.78 is 0. The highest BCUT2D eigenvalue weighted by Crippen LogP contribution is 2.87. The Bertz CT molecular complexity index is 919. The molecule has 3 N–H and O–H groups in total. The summed E-state index contributed by atoms with van der Waals surface area (Å²) >= 11 is 0. The van der Waals surface area contributed by atoms with E-state index in [1.807, 2.05) is 12.1 Å². The fourth-order valence-corrected chi connectivity index (χ4v) is 8.69. The Labute approximate surface area is 191 Å². The maximum Gasteiger partial charge on any atom is 0.269 e. The third kappa shape index (κ3) is 2.83. The summed E-state index contributed by atoms with van der Waals surface area (Å²) in [7, 11) is 0. The minimum absolute atomic E-state index is 0.0222. The number of amides is 1. The number of nitrogens with zero attached hydrogens (tertiary/aromatic N) is 1. The number of aliphatic hydroxyl groups is 2. The van der Waals surface area contributed by atoms with Crippen molar-refractivity contribution in [1.82, 2.24) is 10.3 Å². The summed E-state index contributed by atoms with van der Waals surface area (Å²) in [5.74, 6) is 0.418. The Balaban J connectivity index is 1.49. The Morgan fingerprint density at radius 1 is 1.25 bits per heavy atom. The first-order valence-corrected chi connectivity index (χ1v) is 12.4. The molecule has 4 aliphatic carbocycles. The number of pyridine rings is 1. The standard InChI is InChI=1S/C27H38N2O3/c1-18-7-12-27-16-26(27,17-29-23(32)21-6-4-5-13-28-21)22(9-11-25(18,27)3)24(2)10-8-20(31)14-19(24)15-30/h4-6,13,19-20,22,30-31H,1,7-12,14-17H2,2-3H3,(H,29,32)/t19-,20+,22-,24+,25-,26?,27+/m1/s1. The second-order valence-electron chi connectivity index (χ2n) is 11.7. The van der Waals surface area contributed by atoms with Crippen LogP contribution in [0.2, 0.25) is 0 Å². The fraction of sp³-hybridized carbons (Fsp3) is 0.704. The maximum atomic E-state index is 12.9. The van der Waals surface area contributed by atoms with Crippen LogP contribution in [0.5, 0.6) is 0 Å². The van der Waals surface area contributed by atoms with Crippen molar-refractivity contribution < 1.29 is 15.0 Å². The molecule has 0 bridgehead atoms. The lowest BCUT2D eigenvalue weighted by molar-refractivity contribution is -0.0942. The van der Waals surface area contributed by atoms with Gasteiger partial charge in [-0.2, -0.15) is 0 Å². The van der Waals surface area contributed by atoms with E-state index in [-0.39, 0.29) is 46.2 Å². The molecule has 1 aromatic rings. The first-order valence-electron chi connectivity index (χ1n) is 12.4. The van der Waals surface area contributed by atoms with Crippen molar-refractivity contribution in [2.75, 3.05) is 13.2 Å². The van der Waals surface area contributed by atoms with Crippen LogP contribution in [0.25, 0.3) is 0 Å². The average Bonchev–Trinajstić information content (AvgIpc) is 3.42. The van der Waals surface area contributed by atoms with E-state index in [1.54, 1.807) is 12.3 Å². The number of rotatable bonds is 5. The summed E-state index contributed by atoms with van der Waals surface area (Å²) in [6.45, 7) is 10.0. The highest BCUT2D eigenvalue weighted by atomic mass is 16.3. The number of carbonyl (C=O) groups is 1. The van der Waals surface area contributed by atoms with Crippen LogP contribution in [0, 0.1) is 33.5 Å². The van der Waals surface area contributed by atoms with Crippen molar-refractivity contribution in [2.24, 2.45) is 33.5 Å². The number of allylic oxidation sites excluding steroid dienone is 1. The molecule has 5 nitrogen and oxygen atoms in total. The van der Waals surface area contributed by atoms with Crippen LogP contribution >= 0.6 is 0 Å². The van der Waals surface area contributed by atoms with Gasteiger partial charge < -0.3 is 15.5 Å². The number of aliphatic hydroxyl groups excluding tert-OH is 2. The van der Waals surface area contributed by atoms with Gasteiger partial charge in [0.15, 0.2) is 0 Å². The molecule has 4 saturated carbocycles. The van der Waals surface area contributed by atoms with E-state index in [4.69, 9.17) is 0 Å². The highest BCUT2D eigenvalue weighted by Gasteiger charge is 2.81. The van der Waals surface area contributed by atoms with E-state index in [1.165, 1.54) is 5.57 Å². The van der Waals surface area contributed by atoms with Crippen molar-refractivity contribution in [3.63, 3.8) is 0 Å². The molecule has 5 heteroatoms. The average molecular weight is 439 g/mol. The van der Waals surface area contributed by atoms with E-state index in [0.717, 1.165) is 44.9 Å². The van der Waals surface area contributed by atoms with Gasteiger partial charge in [-0.15, -0.1) is 0 Å². The summed E-state index contributed by atoms with van der Waals surface area (Å²) in [6, 6.07) is 5.44. The fourth-order valence-electron chi connectivity index (χ4n) is 8.69. The topological polar surface area (TPSA) is 82.5 Å². The molecule has 4 aliphatic rings. The normalized spacial score (nSPS) is 45.1. The molecule has 0 aromatic carbocycles. The van der Waals surface area contributed by atoms with Crippen LogP contribution in [0.4, 0.5) is 0 Å². The van der Waals surface area contributed by atoms with Gasteiger partial charge in [0, 0.05) is 19.3 Å². The SMILES string of the molecule is C=C1CC[C@@]23CC2(CNC(=O)c2ccccn2)[C@@H]([C@@]2(C)CC[C@H](O)C[C@@H]2CO)CC[C@]13C. The summed E-state index contributed by atoms with van der Waals surface area (Å²) in [5, 5.41) is 23.9. The summed E-state index contributed by atoms with van der Waals surface area (Å²) in [4.78, 5) is 17.2. The van der Waals surface area contributed by atoms with Gasteiger partial charge in [-0.25, -0.2) is 0 Å². The predicted molar refractivity (Wildman–Crippen MR) is 124 cm³/mol. The van der Waals surface area contributed by atoms with E-state index in [0.29, 0.717) is 24.6 Å². The van der Waals surface area contributed by atoms with Gasteiger partial charge in [0.1, 0.15) is 5.69 Å². The van der Waals surface area contributed by atoms with Crippen LogP contribution in [0.15, 0.2) is 36.5 Å². The van der Waals surface area contributed by atoms with Crippen molar-refractivity contribution in [1.29, 1.82) is 0 Å². The summed E-state index contributed by atoms with van der Waals surface area (Å²) in [5.41, 5.74) is 2.17. The van der Waals surface area contributed by atoms with Crippen LogP contribution in [0.1, 0.15) is 75.7 Å². The largest absolute Gasteiger partial charge is 0.396 e. The molecule has 1 spiro atoms. The van der Waals surface area contributed by atoms with Gasteiger partial charge in [0.2, 0.25) is 0 Å². The molecular weight excluding hydrogens is 400 g/mol. The molecule has 32 heavy (non-hydrogen) atoms. The van der Waals surface area contributed by atoms with E-state index >= 15 is 0 Å². The predicted octanol–water partition coefficient (Wildman–Crippen LogP) is 4.11. The molecule has 5 rings (SSSR count). The maximum absolute atomic E-state index is 12.9. The lowest BCUT2D eigenvalue weighted by atomic mass is 9.49. The molecule has 1 unspecified atom stereocenters. The number of hydrogen-bond acceptors (Lipinski definition) is 4. The molecule has 4 fully saturated rings. The Morgan fingerprint density at radius 2 is 2.06 bits per heavy atom. The van der Waals surface area contributed by atoms with Gasteiger partial charge in [-0.05, 0) is 97.0 Å². The van der Waals surface area contributed by atoms with Gasteiger partial charge >= 0.3 is 0 Å². The molecule has 174 valence electrons. The lowest BCUT2D eigenvalue weighted by Gasteiger charge is -2.56. The third-order valence-corrected chi connectivity index (χ3v) is 10.7. The molecule has 0 aliphatic heterocycles. The van der Waals surface area contributed by atoms with E-state index < -0.39 is 0 Å². The second kappa shape index (κ2) is 7.39. The van der Waals surface area contributed by atoms with Crippen molar-refractivity contribution >= 4 is 5.91 Å². The zero-order valence-electron chi connectivity index (χ0n) is 19.6. The van der Waals surface area contributed by atoms with Crippen molar-refractivity contribution in [3.8, 4) is 0 Å². The van der Waals surface area contributed by atoms with Crippen LogP contribution in [-0.4, -0.2) is 40.4 Å². The van der Waals surface area contributed by atoms with Gasteiger partial charge in [-0.3, -0.25) is 9.78 Å².